The Hall–Kier alpha value is -0.830. The Labute approximate surface area is 120 Å². The average Bonchev–Trinajstić information content (AvgIpc) is 2.41. The van der Waals surface area contributed by atoms with E-state index in [0.717, 1.165) is 17.9 Å². The molecule has 1 atom stereocenters. The van der Waals surface area contributed by atoms with Gasteiger partial charge in [-0.15, -0.1) is 0 Å². The molecule has 1 aromatic rings. The van der Waals surface area contributed by atoms with E-state index in [1.165, 1.54) is 23.3 Å². The van der Waals surface area contributed by atoms with Crippen LogP contribution in [0.4, 0.5) is 0 Å². The molecule has 0 radical (unpaired) electrons. The predicted octanol–water partition coefficient (Wildman–Crippen LogP) is 4.05. The fraction of sp³-hybridized carbons (Fsp3) is 0.625. The smallest absolute Gasteiger partial charge is 0.161 e. The van der Waals surface area contributed by atoms with Crippen molar-refractivity contribution >= 4 is 11.8 Å². The van der Waals surface area contributed by atoms with Crippen molar-refractivity contribution < 1.29 is 9.47 Å². The van der Waals surface area contributed by atoms with Crippen LogP contribution in [0.3, 0.4) is 0 Å². The number of thioether (sulfide) groups is 1. The highest BCUT2D eigenvalue weighted by Gasteiger charge is 2.37. The Bertz CT molecular complexity index is 454. The Morgan fingerprint density at radius 1 is 1.21 bits per heavy atom. The fourth-order valence-electron chi connectivity index (χ4n) is 3.04. The second-order valence-electron chi connectivity index (χ2n) is 5.57. The molecular weight excluding hydrogens is 256 g/mol. The topological polar surface area (TPSA) is 18.5 Å². The SMILES string of the molecule is CCSC1CCc2cc(OC)c(OC)cc2C1(C)C. The second kappa shape index (κ2) is 5.66. The third-order valence-electron chi connectivity index (χ3n) is 4.15. The molecule has 0 aliphatic heterocycles. The highest BCUT2D eigenvalue weighted by Crippen LogP contribution is 2.46. The maximum absolute atomic E-state index is 5.46. The van der Waals surface area contributed by atoms with Crippen molar-refractivity contribution in [3.05, 3.63) is 23.3 Å². The minimum Gasteiger partial charge on any atom is -0.493 e. The molecule has 0 spiro atoms. The molecule has 0 amide bonds. The summed E-state index contributed by atoms with van der Waals surface area (Å²) in [4.78, 5) is 0. The van der Waals surface area contributed by atoms with Crippen LogP contribution in [0.25, 0.3) is 0 Å². The van der Waals surface area contributed by atoms with Gasteiger partial charge in [0.15, 0.2) is 11.5 Å². The molecular formula is C16H24O2S. The van der Waals surface area contributed by atoms with E-state index in [0.29, 0.717) is 5.25 Å². The summed E-state index contributed by atoms with van der Waals surface area (Å²) in [6, 6.07) is 4.33. The van der Waals surface area contributed by atoms with Crippen LogP contribution in [0.1, 0.15) is 38.3 Å². The van der Waals surface area contributed by atoms with Gasteiger partial charge >= 0.3 is 0 Å². The maximum atomic E-state index is 5.46. The van der Waals surface area contributed by atoms with Crippen LogP contribution in [0.2, 0.25) is 0 Å². The summed E-state index contributed by atoms with van der Waals surface area (Å²) in [6.07, 6.45) is 2.38. The number of ether oxygens (including phenoxy) is 2. The van der Waals surface area contributed by atoms with E-state index in [9.17, 15) is 0 Å². The molecule has 1 aliphatic rings. The number of aryl methyl sites for hydroxylation is 1. The lowest BCUT2D eigenvalue weighted by Crippen LogP contribution is -2.36. The van der Waals surface area contributed by atoms with Crippen molar-refractivity contribution in [3.8, 4) is 11.5 Å². The minimum atomic E-state index is 0.188. The van der Waals surface area contributed by atoms with E-state index in [2.05, 4.69) is 44.7 Å². The van der Waals surface area contributed by atoms with Crippen LogP contribution in [-0.2, 0) is 11.8 Å². The molecule has 0 saturated carbocycles. The third kappa shape index (κ3) is 2.58. The summed E-state index contributed by atoms with van der Waals surface area (Å²) in [6.45, 7) is 6.94. The molecule has 0 N–H and O–H groups in total. The zero-order valence-corrected chi connectivity index (χ0v) is 13.4. The van der Waals surface area contributed by atoms with Gasteiger partial charge in [0.25, 0.3) is 0 Å². The van der Waals surface area contributed by atoms with Crippen molar-refractivity contribution in [1.29, 1.82) is 0 Å². The summed E-state index contributed by atoms with van der Waals surface area (Å²) < 4.78 is 10.9. The van der Waals surface area contributed by atoms with Crippen molar-refractivity contribution in [2.45, 2.75) is 44.3 Å². The lowest BCUT2D eigenvalue weighted by atomic mass is 9.72. The normalized spacial score (nSPS) is 20.8. The first-order chi connectivity index (χ1) is 9.04. The van der Waals surface area contributed by atoms with E-state index in [4.69, 9.17) is 9.47 Å². The van der Waals surface area contributed by atoms with Gasteiger partial charge < -0.3 is 9.47 Å². The van der Waals surface area contributed by atoms with Crippen molar-refractivity contribution in [2.75, 3.05) is 20.0 Å². The maximum Gasteiger partial charge on any atom is 0.161 e. The first kappa shape index (κ1) is 14.6. The van der Waals surface area contributed by atoms with Crippen LogP contribution in [-0.4, -0.2) is 25.2 Å². The number of benzene rings is 1. The molecule has 1 unspecified atom stereocenters. The third-order valence-corrected chi connectivity index (χ3v) is 5.71. The highest BCUT2D eigenvalue weighted by atomic mass is 32.2. The minimum absolute atomic E-state index is 0.188. The van der Waals surface area contributed by atoms with Crippen LogP contribution in [0, 0.1) is 0 Å². The standard InChI is InChI=1S/C16H24O2S/c1-6-19-15-8-7-11-9-13(17-4)14(18-5)10-12(11)16(15,2)3/h9-10,15H,6-8H2,1-5H3. The zero-order chi connectivity index (χ0) is 14.0. The van der Waals surface area contributed by atoms with Gasteiger partial charge in [-0.05, 0) is 41.9 Å². The van der Waals surface area contributed by atoms with Crippen LogP contribution < -0.4 is 9.47 Å². The second-order valence-corrected chi connectivity index (χ2v) is 7.05. The van der Waals surface area contributed by atoms with E-state index in [-0.39, 0.29) is 5.41 Å². The van der Waals surface area contributed by atoms with Crippen LogP contribution in [0.5, 0.6) is 11.5 Å². The molecule has 19 heavy (non-hydrogen) atoms. The summed E-state index contributed by atoms with van der Waals surface area (Å²) in [5, 5.41) is 0.683. The molecule has 1 aromatic carbocycles. The fourth-order valence-corrected chi connectivity index (χ4v) is 4.27. The quantitative estimate of drug-likeness (QED) is 0.829. The van der Waals surface area contributed by atoms with E-state index in [1.54, 1.807) is 14.2 Å². The molecule has 3 heteroatoms. The van der Waals surface area contributed by atoms with Gasteiger partial charge in [0, 0.05) is 10.7 Å². The van der Waals surface area contributed by atoms with E-state index in [1.807, 2.05) is 0 Å². The first-order valence-electron chi connectivity index (χ1n) is 6.91. The molecule has 0 fully saturated rings. The molecule has 2 nitrogen and oxygen atoms in total. The molecule has 106 valence electrons. The number of hydrogen-bond acceptors (Lipinski definition) is 3. The highest BCUT2D eigenvalue weighted by molar-refractivity contribution is 7.99. The van der Waals surface area contributed by atoms with E-state index < -0.39 is 0 Å². The largest absolute Gasteiger partial charge is 0.493 e. The first-order valence-corrected chi connectivity index (χ1v) is 7.96. The number of fused-ring (bicyclic) bond motifs is 1. The van der Waals surface area contributed by atoms with Gasteiger partial charge in [-0.3, -0.25) is 0 Å². The van der Waals surface area contributed by atoms with Crippen molar-refractivity contribution in [3.63, 3.8) is 0 Å². The molecule has 1 aliphatic carbocycles. The average molecular weight is 280 g/mol. The van der Waals surface area contributed by atoms with Gasteiger partial charge in [0.05, 0.1) is 14.2 Å². The number of hydrogen-bond donors (Lipinski definition) is 0. The number of methoxy groups -OCH3 is 2. The van der Waals surface area contributed by atoms with E-state index >= 15 is 0 Å². The summed E-state index contributed by atoms with van der Waals surface area (Å²) in [7, 11) is 3.41. The zero-order valence-electron chi connectivity index (χ0n) is 12.6. The van der Waals surface area contributed by atoms with Crippen LogP contribution >= 0.6 is 11.8 Å². The molecule has 2 rings (SSSR count). The Kier molecular flexibility index (Phi) is 4.34. The van der Waals surface area contributed by atoms with Crippen LogP contribution in [0.15, 0.2) is 12.1 Å². The number of rotatable bonds is 4. The van der Waals surface area contributed by atoms with Gasteiger partial charge in [-0.1, -0.05) is 20.8 Å². The van der Waals surface area contributed by atoms with Crippen molar-refractivity contribution in [1.82, 2.24) is 0 Å². The predicted molar refractivity (Wildman–Crippen MR) is 82.8 cm³/mol. The molecule has 0 heterocycles. The lowest BCUT2D eigenvalue weighted by Gasteiger charge is -2.40. The van der Waals surface area contributed by atoms with Crippen molar-refractivity contribution in [2.24, 2.45) is 0 Å². The summed E-state index contributed by atoms with van der Waals surface area (Å²) in [5.74, 6) is 2.87. The van der Waals surface area contributed by atoms with Gasteiger partial charge in [0.1, 0.15) is 0 Å². The molecule has 0 saturated heterocycles. The molecule has 0 bridgehead atoms. The molecule has 0 aromatic heterocycles. The van der Waals surface area contributed by atoms with Gasteiger partial charge in [0.2, 0.25) is 0 Å². The summed E-state index contributed by atoms with van der Waals surface area (Å²) in [5.41, 5.74) is 3.02. The van der Waals surface area contributed by atoms with Gasteiger partial charge in [-0.25, -0.2) is 0 Å². The lowest BCUT2D eigenvalue weighted by molar-refractivity contribution is 0.350. The Balaban J connectivity index is 2.47. The summed E-state index contributed by atoms with van der Waals surface area (Å²) >= 11 is 2.07. The Morgan fingerprint density at radius 3 is 2.42 bits per heavy atom. The van der Waals surface area contributed by atoms with Gasteiger partial charge in [-0.2, -0.15) is 11.8 Å². The Morgan fingerprint density at radius 2 is 1.84 bits per heavy atom. The monoisotopic (exact) mass is 280 g/mol.